The molecule has 21 heavy (non-hydrogen) atoms. The van der Waals surface area contributed by atoms with Crippen LogP contribution in [0.15, 0.2) is 30.5 Å². The van der Waals surface area contributed by atoms with Crippen LogP contribution in [0.25, 0.3) is 0 Å². The van der Waals surface area contributed by atoms with Crippen LogP contribution in [0.1, 0.15) is 30.2 Å². The summed E-state index contributed by atoms with van der Waals surface area (Å²) in [5.41, 5.74) is 3.77. The van der Waals surface area contributed by atoms with E-state index in [1.54, 1.807) is 7.11 Å². The van der Waals surface area contributed by atoms with E-state index in [0.29, 0.717) is 0 Å². The zero-order chi connectivity index (χ0) is 15.1. The van der Waals surface area contributed by atoms with Crippen molar-refractivity contribution in [3.05, 3.63) is 47.3 Å². The van der Waals surface area contributed by atoms with Crippen LogP contribution in [-0.2, 0) is 24.2 Å². The number of anilines is 1. The highest BCUT2D eigenvalue weighted by Gasteiger charge is 2.06. The molecule has 0 saturated carbocycles. The molecule has 1 N–H and O–H groups in total. The fourth-order valence-corrected chi connectivity index (χ4v) is 2.49. The van der Waals surface area contributed by atoms with Crippen LogP contribution >= 0.6 is 0 Å². The summed E-state index contributed by atoms with van der Waals surface area (Å²) in [5, 5.41) is 3.46. The quantitative estimate of drug-likeness (QED) is 0.756. The summed E-state index contributed by atoms with van der Waals surface area (Å²) in [7, 11) is 1.74. The zero-order valence-corrected chi connectivity index (χ0v) is 13.2. The Morgan fingerprint density at radius 2 is 2.00 bits per heavy atom. The number of rotatable bonds is 8. The Kier molecular flexibility index (Phi) is 5.81. The van der Waals surface area contributed by atoms with Gasteiger partial charge in [0.2, 0.25) is 5.95 Å². The Morgan fingerprint density at radius 1 is 1.24 bits per heavy atom. The number of hydrogen-bond acceptors (Lipinski definition) is 3. The molecule has 4 heteroatoms. The summed E-state index contributed by atoms with van der Waals surface area (Å²) in [6.07, 6.45) is 4.13. The molecule has 0 atom stereocenters. The van der Waals surface area contributed by atoms with Crippen molar-refractivity contribution in [3.8, 4) is 0 Å². The molecule has 0 spiro atoms. The van der Waals surface area contributed by atoms with Crippen LogP contribution in [-0.4, -0.2) is 23.3 Å². The summed E-state index contributed by atoms with van der Waals surface area (Å²) in [4.78, 5) is 4.57. The van der Waals surface area contributed by atoms with Crippen LogP contribution in [0.4, 0.5) is 5.95 Å². The molecule has 0 saturated heterocycles. The van der Waals surface area contributed by atoms with Gasteiger partial charge in [0.25, 0.3) is 0 Å². The average Bonchev–Trinajstić information content (AvgIpc) is 2.86. The fourth-order valence-electron chi connectivity index (χ4n) is 2.49. The van der Waals surface area contributed by atoms with Gasteiger partial charge in [0, 0.05) is 33.0 Å². The molecule has 2 rings (SSSR count). The van der Waals surface area contributed by atoms with E-state index in [1.807, 2.05) is 6.92 Å². The molecular weight excluding hydrogens is 262 g/mol. The number of hydrogen-bond donors (Lipinski definition) is 1. The lowest BCUT2D eigenvalue weighted by Crippen LogP contribution is -2.09. The van der Waals surface area contributed by atoms with E-state index >= 15 is 0 Å². The maximum Gasteiger partial charge on any atom is 0.203 e. The van der Waals surface area contributed by atoms with Gasteiger partial charge >= 0.3 is 0 Å². The van der Waals surface area contributed by atoms with Gasteiger partial charge in [-0.3, -0.25) is 0 Å². The van der Waals surface area contributed by atoms with Crippen molar-refractivity contribution < 1.29 is 4.74 Å². The van der Waals surface area contributed by atoms with Crippen molar-refractivity contribution in [1.82, 2.24) is 9.55 Å². The normalized spacial score (nSPS) is 10.8. The van der Waals surface area contributed by atoms with Crippen LogP contribution in [0, 0.1) is 6.92 Å². The number of aromatic nitrogens is 2. The zero-order valence-electron chi connectivity index (χ0n) is 13.2. The Bertz CT molecular complexity index is 563. The van der Waals surface area contributed by atoms with Crippen molar-refractivity contribution in [3.63, 3.8) is 0 Å². The Balaban J connectivity index is 2.02. The Labute approximate surface area is 127 Å². The lowest BCUT2D eigenvalue weighted by atomic mass is 10.1. The first-order chi connectivity index (χ1) is 10.2. The van der Waals surface area contributed by atoms with E-state index in [2.05, 4.69) is 52.3 Å². The van der Waals surface area contributed by atoms with Crippen molar-refractivity contribution in [1.29, 1.82) is 0 Å². The first kappa shape index (κ1) is 15.6. The number of imidazole rings is 1. The standard InChI is InChI=1S/C17H25N3O/c1-4-15-8-5-6-9-16(15)12-18-17-19-14(2)13-20(17)10-7-11-21-3/h5-6,8-9,13H,4,7,10-12H2,1-3H3,(H,18,19). The Hall–Kier alpha value is -1.81. The van der Waals surface area contributed by atoms with Crippen molar-refractivity contribution in [2.45, 2.75) is 39.8 Å². The number of ether oxygens (including phenoxy) is 1. The highest BCUT2D eigenvalue weighted by Crippen LogP contribution is 2.14. The SMILES string of the molecule is CCc1ccccc1CNc1nc(C)cn1CCCOC. The summed E-state index contributed by atoms with van der Waals surface area (Å²) < 4.78 is 7.29. The molecule has 1 aromatic carbocycles. The highest BCUT2D eigenvalue weighted by atomic mass is 16.5. The summed E-state index contributed by atoms with van der Waals surface area (Å²) in [5.74, 6) is 0.939. The van der Waals surface area contributed by atoms with Crippen LogP contribution < -0.4 is 5.32 Å². The molecular formula is C17H25N3O. The smallest absolute Gasteiger partial charge is 0.203 e. The maximum absolute atomic E-state index is 5.12. The van der Waals surface area contributed by atoms with E-state index in [1.165, 1.54) is 11.1 Å². The molecule has 0 unspecified atom stereocenters. The third-order valence-corrected chi connectivity index (χ3v) is 3.58. The number of methoxy groups -OCH3 is 1. The van der Waals surface area contributed by atoms with Crippen molar-refractivity contribution in [2.24, 2.45) is 0 Å². The number of nitrogens with zero attached hydrogens (tertiary/aromatic N) is 2. The van der Waals surface area contributed by atoms with Gasteiger partial charge in [0.15, 0.2) is 0 Å². The van der Waals surface area contributed by atoms with Gasteiger partial charge in [-0.2, -0.15) is 0 Å². The molecule has 0 aliphatic carbocycles. The van der Waals surface area contributed by atoms with Gasteiger partial charge in [0.05, 0.1) is 5.69 Å². The number of benzene rings is 1. The summed E-state index contributed by atoms with van der Waals surface area (Å²) in [6, 6.07) is 8.55. The van der Waals surface area contributed by atoms with Gasteiger partial charge in [-0.25, -0.2) is 4.98 Å². The molecule has 114 valence electrons. The third kappa shape index (κ3) is 4.33. The van der Waals surface area contributed by atoms with E-state index < -0.39 is 0 Å². The topological polar surface area (TPSA) is 39.1 Å². The van der Waals surface area contributed by atoms with E-state index in [0.717, 1.165) is 44.2 Å². The monoisotopic (exact) mass is 287 g/mol. The van der Waals surface area contributed by atoms with Crippen molar-refractivity contribution >= 4 is 5.95 Å². The molecule has 0 aliphatic heterocycles. The fraction of sp³-hybridized carbons (Fsp3) is 0.471. The predicted molar refractivity (Wildman–Crippen MR) is 86.6 cm³/mol. The number of aryl methyl sites for hydroxylation is 3. The first-order valence-corrected chi connectivity index (χ1v) is 7.58. The molecule has 1 aromatic heterocycles. The summed E-state index contributed by atoms with van der Waals surface area (Å²) in [6.45, 7) is 6.72. The maximum atomic E-state index is 5.12. The molecule has 2 aromatic rings. The van der Waals surface area contributed by atoms with Crippen LogP contribution in [0.2, 0.25) is 0 Å². The van der Waals surface area contributed by atoms with Crippen LogP contribution in [0.5, 0.6) is 0 Å². The van der Waals surface area contributed by atoms with Gasteiger partial charge < -0.3 is 14.6 Å². The second kappa shape index (κ2) is 7.84. The minimum absolute atomic E-state index is 0.773. The van der Waals surface area contributed by atoms with Gasteiger partial charge in [-0.05, 0) is 30.9 Å². The lowest BCUT2D eigenvalue weighted by Gasteiger charge is -2.12. The molecule has 0 bridgehead atoms. The van der Waals surface area contributed by atoms with E-state index in [4.69, 9.17) is 4.74 Å². The molecule has 0 radical (unpaired) electrons. The largest absolute Gasteiger partial charge is 0.385 e. The predicted octanol–water partition coefficient (Wildman–Crippen LogP) is 3.40. The minimum atomic E-state index is 0.773. The van der Waals surface area contributed by atoms with Crippen molar-refractivity contribution in [2.75, 3.05) is 19.0 Å². The average molecular weight is 287 g/mol. The summed E-state index contributed by atoms with van der Waals surface area (Å²) >= 11 is 0. The van der Waals surface area contributed by atoms with Gasteiger partial charge in [0.1, 0.15) is 0 Å². The second-order valence-corrected chi connectivity index (χ2v) is 5.22. The highest BCUT2D eigenvalue weighted by molar-refractivity contribution is 5.34. The molecule has 0 aliphatic rings. The molecule has 4 nitrogen and oxygen atoms in total. The lowest BCUT2D eigenvalue weighted by molar-refractivity contribution is 0.190. The number of nitrogens with one attached hydrogen (secondary N) is 1. The van der Waals surface area contributed by atoms with Gasteiger partial charge in [-0.15, -0.1) is 0 Å². The van der Waals surface area contributed by atoms with E-state index in [9.17, 15) is 0 Å². The first-order valence-electron chi connectivity index (χ1n) is 7.58. The molecule has 0 amide bonds. The van der Waals surface area contributed by atoms with Crippen LogP contribution in [0.3, 0.4) is 0 Å². The Morgan fingerprint density at radius 3 is 2.71 bits per heavy atom. The molecule has 1 heterocycles. The minimum Gasteiger partial charge on any atom is -0.385 e. The molecule has 0 fully saturated rings. The second-order valence-electron chi connectivity index (χ2n) is 5.22. The van der Waals surface area contributed by atoms with Gasteiger partial charge in [-0.1, -0.05) is 31.2 Å². The van der Waals surface area contributed by atoms with E-state index in [-0.39, 0.29) is 0 Å². The third-order valence-electron chi connectivity index (χ3n) is 3.58.